The Hall–Kier alpha value is -1.26. The molecule has 1 spiro atoms. The van der Waals surface area contributed by atoms with Crippen LogP contribution in [0.15, 0.2) is 18.2 Å². The van der Waals surface area contributed by atoms with Gasteiger partial charge in [0.2, 0.25) is 0 Å². The number of methoxy groups -OCH3 is 2. The van der Waals surface area contributed by atoms with Crippen LogP contribution in [0.1, 0.15) is 37.4 Å². The van der Waals surface area contributed by atoms with Crippen LogP contribution in [0.2, 0.25) is 0 Å². The highest BCUT2D eigenvalue weighted by molar-refractivity contribution is 5.48. The topological polar surface area (TPSA) is 39.7 Å². The van der Waals surface area contributed by atoms with E-state index in [9.17, 15) is 0 Å². The fourth-order valence-electron chi connectivity index (χ4n) is 3.47. The first kappa shape index (κ1) is 13.7. The average Bonchev–Trinajstić information content (AvgIpc) is 2.94. The number of benzene rings is 1. The second-order valence-electron chi connectivity index (χ2n) is 5.71. The van der Waals surface area contributed by atoms with Crippen LogP contribution < -0.4 is 14.8 Å². The van der Waals surface area contributed by atoms with Crippen molar-refractivity contribution in [1.82, 2.24) is 5.32 Å². The maximum absolute atomic E-state index is 6.46. The Morgan fingerprint density at radius 3 is 2.70 bits per heavy atom. The third-order valence-corrected chi connectivity index (χ3v) is 4.46. The zero-order valence-corrected chi connectivity index (χ0v) is 12.3. The molecule has 1 aromatic rings. The lowest BCUT2D eigenvalue weighted by atomic mass is 9.97. The van der Waals surface area contributed by atoms with Crippen molar-refractivity contribution in [3.8, 4) is 11.5 Å². The standard InChI is InChI=1S/C16H23NO3/c1-18-13-7-5-6-12(15(13)19-2)14-10-17-11-16(20-14)8-3-4-9-16/h5-7,14,17H,3-4,8-11H2,1-2H3. The van der Waals surface area contributed by atoms with E-state index < -0.39 is 0 Å². The summed E-state index contributed by atoms with van der Waals surface area (Å²) in [7, 11) is 3.35. The van der Waals surface area contributed by atoms with Gasteiger partial charge in [-0.2, -0.15) is 0 Å². The van der Waals surface area contributed by atoms with Crippen molar-refractivity contribution in [2.45, 2.75) is 37.4 Å². The largest absolute Gasteiger partial charge is 0.493 e. The molecule has 3 rings (SSSR count). The minimum atomic E-state index is 0.0248. The number of hydrogen-bond donors (Lipinski definition) is 1. The Bertz CT molecular complexity index is 469. The normalized spacial score (nSPS) is 24.8. The summed E-state index contributed by atoms with van der Waals surface area (Å²) in [5.41, 5.74) is 1.10. The number of ether oxygens (including phenoxy) is 3. The maximum Gasteiger partial charge on any atom is 0.166 e. The van der Waals surface area contributed by atoms with E-state index in [1.807, 2.05) is 12.1 Å². The van der Waals surface area contributed by atoms with E-state index in [-0.39, 0.29) is 11.7 Å². The highest BCUT2D eigenvalue weighted by Gasteiger charge is 2.40. The first-order valence-electron chi connectivity index (χ1n) is 7.37. The lowest BCUT2D eigenvalue weighted by molar-refractivity contribution is -0.114. The van der Waals surface area contributed by atoms with E-state index in [0.29, 0.717) is 0 Å². The van der Waals surface area contributed by atoms with Gasteiger partial charge in [0.05, 0.1) is 25.9 Å². The minimum absolute atomic E-state index is 0.0248. The van der Waals surface area contributed by atoms with Crippen molar-refractivity contribution in [3.05, 3.63) is 23.8 Å². The molecule has 110 valence electrons. The Labute approximate surface area is 120 Å². The lowest BCUT2D eigenvalue weighted by Gasteiger charge is -2.39. The van der Waals surface area contributed by atoms with Gasteiger partial charge in [-0.05, 0) is 18.9 Å². The highest BCUT2D eigenvalue weighted by Crippen LogP contribution is 2.43. The lowest BCUT2D eigenvalue weighted by Crippen LogP contribution is -2.49. The molecular weight excluding hydrogens is 254 g/mol. The summed E-state index contributed by atoms with van der Waals surface area (Å²) in [5, 5.41) is 3.53. The predicted molar refractivity (Wildman–Crippen MR) is 77.4 cm³/mol. The molecule has 1 saturated carbocycles. The van der Waals surface area contributed by atoms with Crippen molar-refractivity contribution in [1.29, 1.82) is 0 Å². The Balaban J connectivity index is 1.88. The van der Waals surface area contributed by atoms with Crippen molar-refractivity contribution < 1.29 is 14.2 Å². The first-order valence-corrected chi connectivity index (χ1v) is 7.37. The van der Waals surface area contributed by atoms with Gasteiger partial charge in [-0.15, -0.1) is 0 Å². The van der Waals surface area contributed by atoms with Crippen molar-refractivity contribution in [3.63, 3.8) is 0 Å². The van der Waals surface area contributed by atoms with E-state index in [1.54, 1.807) is 14.2 Å². The average molecular weight is 277 g/mol. The molecule has 1 heterocycles. The summed E-state index contributed by atoms with van der Waals surface area (Å²) in [4.78, 5) is 0. The monoisotopic (exact) mass is 277 g/mol. The zero-order valence-electron chi connectivity index (χ0n) is 12.3. The molecule has 20 heavy (non-hydrogen) atoms. The highest BCUT2D eigenvalue weighted by atomic mass is 16.5. The molecule has 0 bridgehead atoms. The van der Waals surface area contributed by atoms with Gasteiger partial charge in [-0.3, -0.25) is 0 Å². The van der Waals surface area contributed by atoms with Gasteiger partial charge in [0.25, 0.3) is 0 Å². The van der Waals surface area contributed by atoms with E-state index in [1.165, 1.54) is 12.8 Å². The molecule has 0 radical (unpaired) electrons. The zero-order chi connectivity index (χ0) is 14.0. The van der Waals surface area contributed by atoms with Crippen molar-refractivity contribution in [2.75, 3.05) is 27.3 Å². The molecule has 1 atom stereocenters. The van der Waals surface area contributed by atoms with Crippen LogP contribution in [0.3, 0.4) is 0 Å². The summed E-state index contributed by atoms with van der Waals surface area (Å²) in [5.74, 6) is 1.55. The smallest absolute Gasteiger partial charge is 0.166 e. The molecule has 1 aliphatic heterocycles. The minimum Gasteiger partial charge on any atom is -0.493 e. The van der Waals surface area contributed by atoms with Crippen molar-refractivity contribution >= 4 is 0 Å². The van der Waals surface area contributed by atoms with Gasteiger partial charge in [0.1, 0.15) is 0 Å². The Kier molecular flexibility index (Phi) is 3.85. The molecule has 0 aromatic heterocycles. The number of para-hydroxylation sites is 1. The van der Waals surface area contributed by atoms with Gasteiger partial charge in [0, 0.05) is 18.7 Å². The Morgan fingerprint density at radius 2 is 2.00 bits per heavy atom. The third kappa shape index (κ3) is 2.38. The summed E-state index contributed by atoms with van der Waals surface area (Å²) in [6, 6.07) is 5.99. The second-order valence-corrected chi connectivity index (χ2v) is 5.71. The van der Waals surface area contributed by atoms with Crippen LogP contribution in [0.4, 0.5) is 0 Å². The maximum atomic E-state index is 6.46. The fourth-order valence-corrected chi connectivity index (χ4v) is 3.47. The summed E-state index contributed by atoms with van der Waals surface area (Å²) in [6.07, 6.45) is 4.88. The van der Waals surface area contributed by atoms with E-state index in [4.69, 9.17) is 14.2 Å². The Morgan fingerprint density at radius 1 is 1.20 bits per heavy atom. The number of nitrogens with one attached hydrogen (secondary N) is 1. The van der Waals surface area contributed by atoms with Crippen LogP contribution >= 0.6 is 0 Å². The molecule has 0 amide bonds. The second kappa shape index (κ2) is 5.62. The summed E-state index contributed by atoms with van der Waals surface area (Å²) < 4.78 is 17.4. The van der Waals surface area contributed by atoms with Gasteiger partial charge < -0.3 is 19.5 Å². The molecule has 1 N–H and O–H groups in total. The molecule has 2 fully saturated rings. The van der Waals surface area contributed by atoms with E-state index >= 15 is 0 Å². The molecule has 1 aliphatic carbocycles. The molecule has 4 nitrogen and oxygen atoms in total. The van der Waals surface area contributed by atoms with Gasteiger partial charge in [-0.25, -0.2) is 0 Å². The van der Waals surface area contributed by atoms with Crippen molar-refractivity contribution in [2.24, 2.45) is 0 Å². The molecule has 1 saturated heterocycles. The quantitative estimate of drug-likeness (QED) is 0.922. The van der Waals surface area contributed by atoms with Gasteiger partial charge >= 0.3 is 0 Å². The molecule has 2 aliphatic rings. The molecular formula is C16H23NO3. The number of morpholine rings is 1. The third-order valence-electron chi connectivity index (χ3n) is 4.46. The van der Waals surface area contributed by atoms with E-state index in [2.05, 4.69) is 11.4 Å². The summed E-state index contributed by atoms with van der Waals surface area (Å²) >= 11 is 0. The van der Waals surface area contributed by atoms with Crippen LogP contribution in [-0.4, -0.2) is 32.9 Å². The van der Waals surface area contributed by atoms with Crippen LogP contribution in [0.5, 0.6) is 11.5 Å². The SMILES string of the molecule is COc1cccc(C2CNCC3(CCCC3)O2)c1OC. The van der Waals surface area contributed by atoms with Gasteiger partial charge in [-0.1, -0.05) is 25.0 Å². The van der Waals surface area contributed by atoms with Gasteiger partial charge in [0.15, 0.2) is 11.5 Å². The number of hydrogen-bond acceptors (Lipinski definition) is 4. The predicted octanol–water partition coefficient (Wildman–Crippen LogP) is 2.68. The molecule has 4 heteroatoms. The fraction of sp³-hybridized carbons (Fsp3) is 0.625. The number of rotatable bonds is 3. The molecule has 1 aromatic carbocycles. The van der Waals surface area contributed by atoms with Crippen LogP contribution in [0.25, 0.3) is 0 Å². The molecule has 1 unspecified atom stereocenters. The van der Waals surface area contributed by atoms with Crippen LogP contribution in [-0.2, 0) is 4.74 Å². The summed E-state index contributed by atoms with van der Waals surface area (Å²) in [6.45, 7) is 1.79. The van der Waals surface area contributed by atoms with E-state index in [0.717, 1.165) is 43.0 Å². The van der Waals surface area contributed by atoms with Crippen LogP contribution in [0, 0.1) is 0 Å². The first-order chi connectivity index (χ1) is 9.78.